The molecule has 12 heteroatoms. The van der Waals surface area contributed by atoms with Crippen molar-refractivity contribution in [2.24, 2.45) is 5.14 Å². The van der Waals surface area contributed by atoms with Crippen molar-refractivity contribution in [1.29, 1.82) is 0 Å². The molecule has 0 atom stereocenters. The van der Waals surface area contributed by atoms with Crippen LogP contribution in [0.25, 0.3) is 16.8 Å². The summed E-state index contributed by atoms with van der Waals surface area (Å²) in [6.45, 7) is 0. The number of methoxy groups -OCH3 is 1. The van der Waals surface area contributed by atoms with Crippen LogP contribution in [0, 0.1) is 17.6 Å². The third-order valence-electron chi connectivity index (χ3n) is 3.04. The van der Waals surface area contributed by atoms with Gasteiger partial charge in [0.05, 0.1) is 18.2 Å². The molecule has 0 saturated heterocycles. The number of nitrogens with two attached hydrogens (primary N) is 1. The van der Waals surface area contributed by atoms with E-state index in [0.29, 0.717) is 4.52 Å². The van der Waals surface area contributed by atoms with E-state index in [0.717, 1.165) is 25.3 Å². The Bertz CT molecular complexity index is 1050. The quantitative estimate of drug-likeness (QED) is 0.694. The fourth-order valence-corrected chi connectivity index (χ4v) is 2.48. The maximum absolute atomic E-state index is 14.3. The number of sulfonamides is 1. The number of hydrogen-bond donors (Lipinski definition) is 1. The Morgan fingerprint density at radius 1 is 1.12 bits per heavy atom. The molecule has 0 radical (unpaired) electrons. The molecule has 0 bridgehead atoms. The van der Waals surface area contributed by atoms with Gasteiger partial charge in [0.25, 0.3) is 15.2 Å². The van der Waals surface area contributed by atoms with E-state index in [1.807, 2.05) is 0 Å². The highest BCUT2D eigenvalue weighted by Crippen LogP contribution is 2.32. The first-order valence-corrected chi connectivity index (χ1v) is 7.76. The Hall–Kier alpha value is -2.73. The van der Waals surface area contributed by atoms with E-state index >= 15 is 0 Å². The van der Waals surface area contributed by atoms with Gasteiger partial charge in [-0.2, -0.15) is 18.9 Å². The Kier molecular flexibility index (Phi) is 3.64. The summed E-state index contributed by atoms with van der Waals surface area (Å²) >= 11 is 0. The Balaban J connectivity index is 2.49. The van der Waals surface area contributed by atoms with Crippen LogP contribution in [0.4, 0.5) is 13.2 Å². The summed E-state index contributed by atoms with van der Waals surface area (Å²) in [6.07, 6.45) is 0. The second-order valence-corrected chi connectivity index (χ2v) is 5.99. The van der Waals surface area contributed by atoms with Crippen molar-refractivity contribution in [1.82, 2.24) is 19.6 Å². The van der Waals surface area contributed by atoms with Crippen LogP contribution in [-0.4, -0.2) is 35.1 Å². The summed E-state index contributed by atoms with van der Waals surface area (Å²) in [5, 5.41) is 7.58. The first kappa shape index (κ1) is 16.1. The molecule has 8 nitrogen and oxygen atoms in total. The minimum atomic E-state index is -4.36. The van der Waals surface area contributed by atoms with Crippen LogP contribution >= 0.6 is 0 Å². The molecule has 0 fully saturated rings. The van der Waals surface area contributed by atoms with E-state index < -0.39 is 55.5 Å². The topological polar surface area (TPSA) is 112 Å². The van der Waals surface area contributed by atoms with Gasteiger partial charge in [-0.25, -0.2) is 22.3 Å². The summed E-state index contributed by atoms with van der Waals surface area (Å²) in [5.41, 5.74) is -2.01. The maximum Gasteiger partial charge on any atom is 0.322 e. The van der Waals surface area contributed by atoms with E-state index in [2.05, 4.69) is 15.1 Å². The number of nitrogens with zero attached hydrogens (tertiary/aromatic N) is 4. The van der Waals surface area contributed by atoms with Crippen LogP contribution in [0.1, 0.15) is 0 Å². The van der Waals surface area contributed by atoms with Crippen molar-refractivity contribution < 1.29 is 26.3 Å². The average molecular weight is 359 g/mol. The van der Waals surface area contributed by atoms with Gasteiger partial charge < -0.3 is 4.74 Å². The molecule has 0 aliphatic carbocycles. The molecule has 3 aromatic rings. The molecule has 2 aromatic heterocycles. The Morgan fingerprint density at radius 3 is 2.29 bits per heavy atom. The van der Waals surface area contributed by atoms with Crippen molar-refractivity contribution >= 4 is 15.7 Å². The zero-order valence-electron chi connectivity index (χ0n) is 11.9. The van der Waals surface area contributed by atoms with Crippen LogP contribution in [0.3, 0.4) is 0 Å². The standard InChI is InChI=1S/C12H8F3N5O3S/c1-23-12-17-9(15)8(7-5(13)3-2-4-6(7)14)10-18-11(19-20(10)12)24(16,21)22/h2-4H,1H3,(H2,16,21,22). The number of primary sulfonamides is 1. The zero-order valence-corrected chi connectivity index (χ0v) is 12.7. The monoisotopic (exact) mass is 359 g/mol. The molecular weight excluding hydrogens is 351 g/mol. The lowest BCUT2D eigenvalue weighted by Crippen LogP contribution is -2.14. The highest BCUT2D eigenvalue weighted by atomic mass is 32.2. The summed E-state index contributed by atoms with van der Waals surface area (Å²) < 4.78 is 70.6. The molecule has 0 unspecified atom stereocenters. The normalized spacial score (nSPS) is 11.9. The number of aromatic nitrogens is 4. The van der Waals surface area contributed by atoms with Crippen molar-refractivity contribution in [3.8, 4) is 17.1 Å². The minimum absolute atomic E-state index is 0.481. The van der Waals surface area contributed by atoms with E-state index in [9.17, 15) is 21.6 Å². The molecule has 0 aliphatic heterocycles. The molecule has 0 aliphatic rings. The fraction of sp³-hybridized carbons (Fsp3) is 0.0833. The highest BCUT2D eigenvalue weighted by molar-refractivity contribution is 7.89. The number of hydrogen-bond acceptors (Lipinski definition) is 6. The molecule has 126 valence electrons. The Labute approximate surface area is 132 Å². The molecule has 1 aromatic carbocycles. The number of rotatable bonds is 3. The summed E-state index contributed by atoms with van der Waals surface area (Å²) in [4.78, 5) is 6.93. The van der Waals surface area contributed by atoms with Gasteiger partial charge in [0.15, 0.2) is 5.65 Å². The average Bonchev–Trinajstić information content (AvgIpc) is 2.93. The lowest BCUT2D eigenvalue weighted by Gasteiger charge is -2.09. The van der Waals surface area contributed by atoms with Gasteiger partial charge in [-0.3, -0.25) is 0 Å². The van der Waals surface area contributed by atoms with Crippen molar-refractivity contribution in [3.63, 3.8) is 0 Å². The van der Waals surface area contributed by atoms with Gasteiger partial charge in [-0.15, -0.1) is 5.10 Å². The molecule has 0 amide bonds. The van der Waals surface area contributed by atoms with Crippen LogP contribution in [0.2, 0.25) is 0 Å². The van der Waals surface area contributed by atoms with Crippen LogP contribution < -0.4 is 9.88 Å². The third kappa shape index (κ3) is 2.45. The van der Waals surface area contributed by atoms with Gasteiger partial charge >= 0.3 is 6.01 Å². The maximum atomic E-state index is 14.3. The van der Waals surface area contributed by atoms with Crippen LogP contribution in [0.15, 0.2) is 23.4 Å². The predicted octanol–water partition coefficient (Wildman–Crippen LogP) is 0.865. The smallest absolute Gasteiger partial charge is 0.322 e. The van der Waals surface area contributed by atoms with Crippen molar-refractivity contribution in [3.05, 3.63) is 35.8 Å². The number of fused-ring (bicyclic) bond motifs is 1. The molecule has 2 N–H and O–H groups in total. The third-order valence-corrected chi connectivity index (χ3v) is 3.72. The minimum Gasteiger partial charge on any atom is -0.467 e. The van der Waals surface area contributed by atoms with E-state index in [4.69, 9.17) is 9.88 Å². The second-order valence-electron chi connectivity index (χ2n) is 4.54. The van der Waals surface area contributed by atoms with Gasteiger partial charge in [-0.05, 0) is 12.1 Å². The molecule has 24 heavy (non-hydrogen) atoms. The zero-order chi connectivity index (χ0) is 17.6. The molecular formula is C12H8F3N5O3S. The van der Waals surface area contributed by atoms with E-state index in [1.165, 1.54) is 0 Å². The SMILES string of the molecule is COc1nc(F)c(-c2c(F)cccc2F)c2nc(S(N)(=O)=O)nn12. The molecule has 2 heterocycles. The molecule has 0 spiro atoms. The number of benzene rings is 1. The summed E-state index contributed by atoms with van der Waals surface area (Å²) in [5.74, 6) is -3.51. The molecule has 0 saturated carbocycles. The van der Waals surface area contributed by atoms with Crippen molar-refractivity contribution in [2.45, 2.75) is 5.16 Å². The number of halogens is 3. The Morgan fingerprint density at radius 2 is 1.75 bits per heavy atom. The summed E-state index contributed by atoms with van der Waals surface area (Å²) in [7, 11) is -3.24. The van der Waals surface area contributed by atoms with Gasteiger partial charge in [0.1, 0.15) is 11.6 Å². The van der Waals surface area contributed by atoms with E-state index in [-0.39, 0.29) is 0 Å². The summed E-state index contributed by atoms with van der Waals surface area (Å²) in [6, 6.07) is 2.40. The van der Waals surface area contributed by atoms with Gasteiger partial charge in [0, 0.05) is 0 Å². The van der Waals surface area contributed by atoms with Gasteiger partial charge in [-0.1, -0.05) is 6.07 Å². The predicted molar refractivity (Wildman–Crippen MR) is 74.0 cm³/mol. The molecule has 3 rings (SSSR count). The van der Waals surface area contributed by atoms with Crippen LogP contribution in [0.5, 0.6) is 6.01 Å². The number of ether oxygens (including phenoxy) is 1. The highest BCUT2D eigenvalue weighted by Gasteiger charge is 2.27. The first-order valence-electron chi connectivity index (χ1n) is 6.21. The second kappa shape index (κ2) is 5.42. The first-order chi connectivity index (χ1) is 11.2. The lowest BCUT2D eigenvalue weighted by atomic mass is 10.1. The van der Waals surface area contributed by atoms with Crippen LogP contribution in [-0.2, 0) is 10.0 Å². The largest absolute Gasteiger partial charge is 0.467 e. The lowest BCUT2D eigenvalue weighted by molar-refractivity contribution is 0.356. The van der Waals surface area contributed by atoms with Crippen molar-refractivity contribution in [2.75, 3.05) is 7.11 Å². The van der Waals surface area contributed by atoms with E-state index in [1.54, 1.807) is 0 Å². The fourth-order valence-electron chi connectivity index (χ4n) is 2.07. The van der Waals surface area contributed by atoms with Gasteiger partial charge in [0.2, 0.25) is 5.95 Å².